The maximum absolute atomic E-state index is 13.1. The molecular formula is C18H20BrNO3S. The monoisotopic (exact) mass is 409 g/mol. The van der Waals surface area contributed by atoms with Crippen LogP contribution in [0.15, 0.2) is 64.0 Å². The minimum absolute atomic E-state index is 0.223. The van der Waals surface area contributed by atoms with Gasteiger partial charge in [-0.05, 0) is 36.8 Å². The molecule has 0 amide bonds. The van der Waals surface area contributed by atoms with Crippen LogP contribution in [0, 0.1) is 0 Å². The summed E-state index contributed by atoms with van der Waals surface area (Å²) in [5.41, 5.74) is 6.52. The lowest BCUT2D eigenvalue weighted by molar-refractivity contribution is 0.125. The molecule has 1 aliphatic carbocycles. The van der Waals surface area contributed by atoms with Gasteiger partial charge in [-0.1, -0.05) is 46.3 Å². The van der Waals surface area contributed by atoms with Gasteiger partial charge in [-0.3, -0.25) is 0 Å². The highest BCUT2D eigenvalue weighted by Crippen LogP contribution is 2.55. The molecule has 2 N–H and O–H groups in total. The predicted molar refractivity (Wildman–Crippen MR) is 97.7 cm³/mol. The molecule has 1 aliphatic rings. The maximum atomic E-state index is 13.1. The van der Waals surface area contributed by atoms with Crippen LogP contribution in [-0.2, 0) is 14.6 Å². The topological polar surface area (TPSA) is 69.4 Å². The van der Waals surface area contributed by atoms with E-state index >= 15 is 0 Å². The zero-order valence-electron chi connectivity index (χ0n) is 13.4. The zero-order valence-corrected chi connectivity index (χ0v) is 15.8. The van der Waals surface area contributed by atoms with E-state index < -0.39 is 20.6 Å². The van der Waals surface area contributed by atoms with Gasteiger partial charge in [0.25, 0.3) is 0 Å². The first-order chi connectivity index (χ1) is 11.4. The molecule has 6 heteroatoms. The number of nitrogens with two attached hydrogens (primary N) is 1. The van der Waals surface area contributed by atoms with Crippen molar-refractivity contribution in [2.75, 3.05) is 13.2 Å². The van der Waals surface area contributed by atoms with Gasteiger partial charge in [-0.15, -0.1) is 0 Å². The fraction of sp³-hybridized carbons (Fsp3) is 0.333. The third-order valence-corrected chi connectivity index (χ3v) is 7.33. The van der Waals surface area contributed by atoms with Crippen molar-refractivity contribution in [1.29, 1.82) is 0 Å². The summed E-state index contributed by atoms with van der Waals surface area (Å²) in [7, 11) is -3.53. The van der Waals surface area contributed by atoms with Gasteiger partial charge < -0.3 is 10.5 Å². The Morgan fingerprint density at radius 1 is 1.12 bits per heavy atom. The summed E-state index contributed by atoms with van der Waals surface area (Å²) in [6.45, 7) is 2.60. The molecule has 2 aromatic rings. The molecule has 0 saturated heterocycles. The summed E-state index contributed by atoms with van der Waals surface area (Å²) >= 11 is 3.40. The van der Waals surface area contributed by atoms with E-state index in [0.29, 0.717) is 11.5 Å². The fourth-order valence-electron chi connectivity index (χ4n) is 3.25. The lowest BCUT2D eigenvalue weighted by atomic mass is 10.1. The first-order valence-electron chi connectivity index (χ1n) is 7.82. The number of rotatable bonds is 6. The van der Waals surface area contributed by atoms with E-state index in [1.54, 1.807) is 30.3 Å². The van der Waals surface area contributed by atoms with Crippen LogP contribution >= 0.6 is 15.9 Å². The molecular weight excluding hydrogens is 390 g/mol. The van der Waals surface area contributed by atoms with Crippen molar-refractivity contribution in [3.63, 3.8) is 0 Å². The Bertz CT molecular complexity index is 808. The summed E-state index contributed by atoms with van der Waals surface area (Å²) in [4.78, 5) is 0.306. The van der Waals surface area contributed by atoms with E-state index in [1.807, 2.05) is 31.2 Å². The summed E-state index contributed by atoms with van der Waals surface area (Å²) in [6, 6.07) is 16.1. The Morgan fingerprint density at radius 2 is 1.75 bits per heavy atom. The molecule has 3 rings (SSSR count). The van der Waals surface area contributed by atoms with E-state index in [4.69, 9.17) is 10.5 Å². The van der Waals surface area contributed by atoms with E-state index in [9.17, 15) is 8.42 Å². The summed E-state index contributed by atoms with van der Waals surface area (Å²) in [5.74, 6) is -0.276. The van der Waals surface area contributed by atoms with Crippen LogP contribution in [0.5, 0.6) is 0 Å². The van der Waals surface area contributed by atoms with Gasteiger partial charge >= 0.3 is 0 Å². The van der Waals surface area contributed by atoms with Crippen molar-refractivity contribution in [2.24, 2.45) is 5.73 Å². The Labute approximate surface area is 151 Å². The Hall–Kier alpha value is -1.21. The van der Waals surface area contributed by atoms with Crippen LogP contribution in [0.2, 0.25) is 0 Å². The van der Waals surface area contributed by atoms with Crippen LogP contribution in [0.25, 0.3) is 0 Å². The molecule has 0 radical (unpaired) electrons. The number of hydrogen-bond donors (Lipinski definition) is 1. The third kappa shape index (κ3) is 3.04. The fourth-order valence-corrected chi connectivity index (χ4v) is 5.83. The van der Waals surface area contributed by atoms with Crippen LogP contribution in [-0.4, -0.2) is 32.4 Å². The largest absolute Gasteiger partial charge is 0.380 e. The van der Waals surface area contributed by atoms with Crippen molar-refractivity contribution in [1.82, 2.24) is 0 Å². The second kappa shape index (κ2) is 6.59. The molecule has 0 unspecified atom stereocenters. The highest BCUT2D eigenvalue weighted by molar-refractivity contribution is 9.10. The maximum Gasteiger partial charge on any atom is 0.183 e. The first kappa shape index (κ1) is 17.6. The molecule has 3 atom stereocenters. The molecule has 1 saturated carbocycles. The molecule has 0 spiro atoms. The average Bonchev–Trinajstić information content (AvgIpc) is 3.21. The molecule has 4 nitrogen and oxygen atoms in total. The Kier molecular flexibility index (Phi) is 4.84. The molecule has 0 heterocycles. The van der Waals surface area contributed by atoms with Gasteiger partial charge in [0.05, 0.1) is 22.3 Å². The van der Waals surface area contributed by atoms with Crippen LogP contribution in [0.1, 0.15) is 18.4 Å². The molecule has 0 bridgehead atoms. The predicted octanol–water partition coefficient (Wildman–Crippen LogP) is 3.12. The van der Waals surface area contributed by atoms with Crippen LogP contribution in [0.4, 0.5) is 0 Å². The molecule has 128 valence electrons. The smallest absolute Gasteiger partial charge is 0.183 e. The van der Waals surface area contributed by atoms with Crippen molar-refractivity contribution in [3.05, 3.63) is 64.6 Å². The average molecular weight is 410 g/mol. The van der Waals surface area contributed by atoms with Gasteiger partial charge in [0.2, 0.25) is 0 Å². The number of benzene rings is 2. The van der Waals surface area contributed by atoms with Gasteiger partial charge in [-0.25, -0.2) is 8.42 Å². The number of halogens is 1. The quantitative estimate of drug-likeness (QED) is 0.795. The standard InChI is InChI=1S/C18H20BrNO3S/c1-2-23-12-18(20)16(13-8-10-14(19)11-9-13)17(18)24(21,22)15-6-4-3-5-7-15/h3-11,16-17H,2,12,20H2,1H3/t16-,17+,18+/m1/s1. The van der Waals surface area contributed by atoms with Crippen molar-refractivity contribution >= 4 is 25.8 Å². The van der Waals surface area contributed by atoms with E-state index in [0.717, 1.165) is 10.0 Å². The lowest BCUT2D eigenvalue weighted by Crippen LogP contribution is -2.36. The summed E-state index contributed by atoms with van der Waals surface area (Å²) < 4.78 is 32.6. The molecule has 2 aromatic carbocycles. The molecule has 0 aromatic heterocycles. The molecule has 0 aliphatic heterocycles. The van der Waals surface area contributed by atoms with E-state index in [-0.39, 0.29) is 12.5 Å². The lowest BCUT2D eigenvalue weighted by Gasteiger charge is -2.12. The number of sulfone groups is 1. The van der Waals surface area contributed by atoms with Crippen molar-refractivity contribution < 1.29 is 13.2 Å². The van der Waals surface area contributed by atoms with Gasteiger partial charge in [-0.2, -0.15) is 0 Å². The highest BCUT2D eigenvalue weighted by Gasteiger charge is 2.69. The van der Waals surface area contributed by atoms with Gasteiger partial charge in [0.15, 0.2) is 9.84 Å². The SMILES string of the molecule is CCOC[C@]1(N)[C@H](c2ccc(Br)cc2)[C@@H]1S(=O)(=O)c1ccccc1. The highest BCUT2D eigenvalue weighted by atomic mass is 79.9. The minimum Gasteiger partial charge on any atom is -0.380 e. The van der Waals surface area contributed by atoms with Gasteiger partial charge in [0.1, 0.15) is 0 Å². The normalized spacial score (nSPS) is 26.3. The zero-order chi connectivity index (χ0) is 17.4. The van der Waals surface area contributed by atoms with Crippen molar-refractivity contribution in [3.8, 4) is 0 Å². The van der Waals surface area contributed by atoms with Crippen LogP contribution in [0.3, 0.4) is 0 Å². The number of ether oxygens (including phenoxy) is 1. The second-order valence-electron chi connectivity index (χ2n) is 6.06. The van der Waals surface area contributed by atoms with Crippen molar-refractivity contribution in [2.45, 2.75) is 28.5 Å². The molecule has 24 heavy (non-hydrogen) atoms. The Balaban J connectivity index is 1.99. The Morgan fingerprint density at radius 3 is 2.33 bits per heavy atom. The van der Waals surface area contributed by atoms with E-state index in [1.165, 1.54) is 0 Å². The first-order valence-corrected chi connectivity index (χ1v) is 10.2. The molecule has 1 fully saturated rings. The van der Waals surface area contributed by atoms with Gasteiger partial charge in [0, 0.05) is 17.0 Å². The van der Waals surface area contributed by atoms with Crippen LogP contribution < -0.4 is 5.73 Å². The summed E-state index contributed by atoms with van der Waals surface area (Å²) in [6.07, 6.45) is 0. The summed E-state index contributed by atoms with van der Waals surface area (Å²) in [5, 5.41) is -0.680. The minimum atomic E-state index is -3.53. The number of hydrogen-bond acceptors (Lipinski definition) is 4. The second-order valence-corrected chi connectivity index (χ2v) is 9.04. The van der Waals surface area contributed by atoms with E-state index in [2.05, 4.69) is 15.9 Å². The third-order valence-electron chi connectivity index (χ3n) is 4.49.